The smallest absolute Gasteiger partial charge is 0.224 e. The van der Waals surface area contributed by atoms with Crippen molar-refractivity contribution in [3.63, 3.8) is 0 Å². The number of nitrogens with zero attached hydrogens (tertiary/aromatic N) is 2. The lowest BCUT2D eigenvalue weighted by Gasteiger charge is -2.09. The Labute approximate surface area is 173 Å². The molecule has 0 bridgehead atoms. The van der Waals surface area contributed by atoms with Gasteiger partial charge in [0.1, 0.15) is 11.6 Å². The van der Waals surface area contributed by atoms with Crippen LogP contribution in [-0.4, -0.2) is 33.6 Å². The molecule has 0 saturated carbocycles. The van der Waals surface area contributed by atoms with E-state index in [1.165, 1.54) is 5.56 Å². The lowest BCUT2D eigenvalue weighted by atomic mass is 10.1. The minimum absolute atomic E-state index is 0.458. The molecule has 0 aliphatic rings. The molecule has 5 N–H and O–H groups in total. The number of ether oxygens (including phenoxy) is 1. The van der Waals surface area contributed by atoms with Crippen molar-refractivity contribution in [1.29, 1.82) is 0 Å². The third kappa shape index (κ3) is 3.30. The van der Waals surface area contributed by atoms with Crippen LogP contribution in [0.25, 0.3) is 32.9 Å². The maximum absolute atomic E-state index is 6.23. The Morgan fingerprint density at radius 3 is 2.83 bits per heavy atom. The summed E-state index contributed by atoms with van der Waals surface area (Å²) in [5.74, 6) is 1.83. The van der Waals surface area contributed by atoms with Gasteiger partial charge in [0.05, 0.1) is 7.11 Å². The number of benzene rings is 2. The van der Waals surface area contributed by atoms with E-state index in [2.05, 4.69) is 31.3 Å². The van der Waals surface area contributed by atoms with Crippen molar-refractivity contribution in [1.82, 2.24) is 19.9 Å². The Morgan fingerprint density at radius 1 is 1.07 bits per heavy atom. The van der Waals surface area contributed by atoms with Crippen LogP contribution in [0.1, 0.15) is 5.56 Å². The van der Waals surface area contributed by atoms with Crippen molar-refractivity contribution in [2.45, 2.75) is 6.42 Å². The Kier molecular flexibility index (Phi) is 4.48. The molecular formula is C23H22N6O. The van der Waals surface area contributed by atoms with Gasteiger partial charge in [0, 0.05) is 47.1 Å². The zero-order chi connectivity index (χ0) is 20.5. The molecule has 150 valence electrons. The normalized spacial score (nSPS) is 11.2. The average Bonchev–Trinajstić information content (AvgIpc) is 3.40. The topological polar surface area (TPSA) is 105 Å². The van der Waals surface area contributed by atoms with Crippen LogP contribution in [0.2, 0.25) is 0 Å². The highest BCUT2D eigenvalue weighted by Gasteiger charge is 2.09. The number of methoxy groups -OCH3 is 1. The van der Waals surface area contributed by atoms with Gasteiger partial charge in [-0.2, -0.15) is 4.98 Å². The number of aromatic nitrogens is 4. The summed E-state index contributed by atoms with van der Waals surface area (Å²) >= 11 is 0. The van der Waals surface area contributed by atoms with Crippen LogP contribution in [0.15, 0.2) is 61.1 Å². The summed E-state index contributed by atoms with van der Waals surface area (Å²) in [5, 5.41) is 5.56. The molecule has 0 aliphatic carbocycles. The van der Waals surface area contributed by atoms with E-state index in [1.807, 2.05) is 48.8 Å². The van der Waals surface area contributed by atoms with Gasteiger partial charge in [0.2, 0.25) is 5.95 Å². The quantitative estimate of drug-likeness (QED) is 0.340. The van der Waals surface area contributed by atoms with Gasteiger partial charge in [-0.05, 0) is 59.3 Å². The average molecular weight is 398 g/mol. The number of nitrogen functional groups attached to an aromatic ring is 1. The maximum atomic E-state index is 6.23. The number of rotatable bonds is 6. The minimum atomic E-state index is 0.458. The zero-order valence-corrected chi connectivity index (χ0v) is 16.6. The fraction of sp³-hybridized carbons (Fsp3) is 0.130. The van der Waals surface area contributed by atoms with Crippen molar-refractivity contribution < 1.29 is 4.74 Å². The van der Waals surface area contributed by atoms with E-state index >= 15 is 0 Å². The van der Waals surface area contributed by atoms with Crippen molar-refractivity contribution in [3.8, 4) is 16.9 Å². The molecule has 0 fully saturated rings. The van der Waals surface area contributed by atoms with Crippen LogP contribution in [0, 0.1) is 0 Å². The van der Waals surface area contributed by atoms with Crippen LogP contribution in [0.3, 0.4) is 0 Å². The van der Waals surface area contributed by atoms with E-state index in [-0.39, 0.29) is 0 Å². The van der Waals surface area contributed by atoms with Gasteiger partial charge in [0.15, 0.2) is 0 Å². The van der Waals surface area contributed by atoms with E-state index in [4.69, 9.17) is 10.5 Å². The molecule has 5 rings (SSSR count). The summed E-state index contributed by atoms with van der Waals surface area (Å²) in [4.78, 5) is 15.4. The number of hydrogen-bond donors (Lipinski definition) is 4. The highest BCUT2D eigenvalue weighted by molar-refractivity contribution is 5.87. The van der Waals surface area contributed by atoms with E-state index < -0.39 is 0 Å². The van der Waals surface area contributed by atoms with Crippen LogP contribution < -0.4 is 15.8 Å². The minimum Gasteiger partial charge on any atom is -0.497 e. The molecule has 5 aromatic rings. The second kappa shape index (κ2) is 7.44. The number of hydrogen-bond acceptors (Lipinski definition) is 5. The van der Waals surface area contributed by atoms with Crippen molar-refractivity contribution in [2.75, 3.05) is 24.7 Å². The van der Waals surface area contributed by atoms with Gasteiger partial charge >= 0.3 is 0 Å². The largest absolute Gasteiger partial charge is 0.497 e. The molecule has 30 heavy (non-hydrogen) atoms. The molecule has 0 amide bonds. The molecule has 7 nitrogen and oxygen atoms in total. The van der Waals surface area contributed by atoms with Gasteiger partial charge < -0.3 is 25.8 Å². The molecule has 3 heterocycles. The molecule has 3 aromatic heterocycles. The summed E-state index contributed by atoms with van der Waals surface area (Å²) in [6.07, 6.45) is 6.55. The van der Waals surface area contributed by atoms with Crippen molar-refractivity contribution in [3.05, 3.63) is 66.6 Å². The highest BCUT2D eigenvalue weighted by atomic mass is 16.5. The molecule has 0 aliphatic heterocycles. The Bertz CT molecular complexity index is 1340. The second-order valence-electron chi connectivity index (χ2n) is 7.17. The van der Waals surface area contributed by atoms with Crippen LogP contribution in [-0.2, 0) is 6.42 Å². The lowest BCUT2D eigenvalue weighted by molar-refractivity contribution is 0.415. The Morgan fingerprint density at radius 2 is 1.97 bits per heavy atom. The maximum Gasteiger partial charge on any atom is 0.224 e. The molecule has 0 spiro atoms. The predicted octanol–water partition coefficient (Wildman–Crippen LogP) is 4.35. The molecule has 0 radical (unpaired) electrons. The summed E-state index contributed by atoms with van der Waals surface area (Å²) < 4.78 is 5.34. The Balaban J connectivity index is 1.30. The third-order valence-electron chi connectivity index (χ3n) is 5.33. The van der Waals surface area contributed by atoms with Gasteiger partial charge in [0.25, 0.3) is 0 Å². The number of nitrogens with two attached hydrogens (primary N) is 1. The monoisotopic (exact) mass is 398 g/mol. The van der Waals surface area contributed by atoms with Crippen molar-refractivity contribution in [2.24, 2.45) is 0 Å². The summed E-state index contributed by atoms with van der Waals surface area (Å²) in [5.41, 5.74) is 11.4. The fourth-order valence-electron chi connectivity index (χ4n) is 3.72. The number of fused-ring (bicyclic) bond motifs is 2. The number of nitrogens with one attached hydrogen (secondary N) is 3. The number of H-pyrrole nitrogens is 2. The standard InChI is InChI=1S/C23H22N6O/c1-30-17-3-5-21-18(11-17)16(12-27-21)7-9-26-23-28-13-19(22(24)29-23)14-2-4-20-15(10-14)6-8-25-20/h2-6,8,10-13,25,27H,7,9H2,1H3,(H3,24,26,28,29). The molecule has 0 unspecified atom stereocenters. The molecule has 0 atom stereocenters. The highest BCUT2D eigenvalue weighted by Crippen LogP contribution is 2.28. The fourth-order valence-corrected chi connectivity index (χ4v) is 3.72. The van der Waals surface area contributed by atoms with Gasteiger partial charge in [-0.25, -0.2) is 4.98 Å². The van der Waals surface area contributed by atoms with Crippen LogP contribution in [0.4, 0.5) is 11.8 Å². The summed E-state index contributed by atoms with van der Waals surface area (Å²) in [6.45, 7) is 0.693. The second-order valence-corrected chi connectivity index (χ2v) is 7.17. The van der Waals surface area contributed by atoms with E-state index in [9.17, 15) is 0 Å². The first kappa shape index (κ1) is 18.1. The predicted molar refractivity (Wildman–Crippen MR) is 121 cm³/mol. The SMILES string of the molecule is COc1ccc2[nH]cc(CCNc3ncc(-c4ccc5[nH]ccc5c4)c(N)n3)c2c1. The third-order valence-corrected chi connectivity index (χ3v) is 5.33. The van der Waals surface area contributed by atoms with E-state index in [1.54, 1.807) is 13.3 Å². The van der Waals surface area contributed by atoms with E-state index in [0.29, 0.717) is 18.3 Å². The molecular weight excluding hydrogens is 376 g/mol. The number of aromatic amines is 2. The number of anilines is 2. The van der Waals surface area contributed by atoms with Crippen molar-refractivity contribution >= 4 is 33.6 Å². The zero-order valence-electron chi connectivity index (χ0n) is 16.6. The van der Waals surface area contributed by atoms with Gasteiger partial charge in [-0.15, -0.1) is 0 Å². The van der Waals surface area contributed by atoms with Gasteiger partial charge in [-0.1, -0.05) is 6.07 Å². The first-order valence-corrected chi connectivity index (χ1v) is 9.79. The molecule has 2 aromatic carbocycles. The summed E-state index contributed by atoms with van der Waals surface area (Å²) in [6, 6.07) is 14.2. The first-order chi connectivity index (χ1) is 14.7. The lowest BCUT2D eigenvalue weighted by Crippen LogP contribution is -2.09. The molecule has 7 heteroatoms. The Hall–Kier alpha value is -4.00. The van der Waals surface area contributed by atoms with Crippen LogP contribution >= 0.6 is 0 Å². The summed E-state index contributed by atoms with van der Waals surface area (Å²) in [7, 11) is 1.68. The van der Waals surface area contributed by atoms with Crippen LogP contribution in [0.5, 0.6) is 5.75 Å². The van der Waals surface area contributed by atoms with E-state index in [0.717, 1.165) is 45.1 Å². The molecule has 0 saturated heterocycles. The van der Waals surface area contributed by atoms with Gasteiger partial charge in [-0.3, -0.25) is 0 Å². The first-order valence-electron chi connectivity index (χ1n) is 9.79.